The maximum atomic E-state index is 11.4. The summed E-state index contributed by atoms with van der Waals surface area (Å²) < 4.78 is 0. The number of nitrogens with one attached hydrogen (secondary N) is 1. The Morgan fingerprint density at radius 3 is 2.83 bits per heavy atom. The number of non-ortho nitro benzene ring substituents is 1. The second-order valence-electron chi connectivity index (χ2n) is 8.52. The molecule has 6 heteroatoms. The molecule has 4 heterocycles. The number of hydrogen-bond donors (Lipinski definition) is 1. The topological polar surface area (TPSA) is 65.4 Å². The summed E-state index contributed by atoms with van der Waals surface area (Å²) in [7, 11) is 0. The lowest BCUT2D eigenvalue weighted by molar-refractivity contribution is -0.385. The zero-order valence-electron chi connectivity index (χ0n) is 16.3. The summed E-state index contributed by atoms with van der Waals surface area (Å²) in [5.41, 5.74) is 5.28. The number of fused-ring (bicyclic) bond motifs is 7. The molecule has 2 unspecified atom stereocenters. The molecule has 0 saturated carbocycles. The average molecular weight is 388 g/mol. The van der Waals surface area contributed by atoms with Gasteiger partial charge in [0.25, 0.3) is 5.69 Å². The third kappa shape index (κ3) is 2.49. The van der Waals surface area contributed by atoms with Crippen molar-refractivity contribution in [3.05, 3.63) is 75.5 Å². The van der Waals surface area contributed by atoms with Crippen LogP contribution in [0, 0.1) is 10.1 Å². The van der Waals surface area contributed by atoms with Crippen molar-refractivity contribution in [2.24, 2.45) is 0 Å². The zero-order valence-corrected chi connectivity index (χ0v) is 16.3. The van der Waals surface area contributed by atoms with Crippen molar-refractivity contribution in [2.45, 2.75) is 43.9 Å². The predicted octanol–water partition coefficient (Wildman–Crippen LogP) is 4.54. The number of para-hydroxylation sites is 1. The zero-order chi connectivity index (χ0) is 19.5. The largest absolute Gasteiger partial charge is 0.357 e. The Balaban J connectivity index is 1.49. The van der Waals surface area contributed by atoms with Gasteiger partial charge in [-0.2, -0.15) is 0 Å². The molecule has 2 fully saturated rings. The van der Waals surface area contributed by atoms with Gasteiger partial charge in [-0.25, -0.2) is 0 Å². The highest BCUT2D eigenvalue weighted by Gasteiger charge is 2.51. The SMILES string of the molecule is O=[N+]([O-])c1cccc(C2N3CCCCC3[C@@H]3c4[nH]c5ccccc5c4CCN23)c1. The van der Waals surface area contributed by atoms with E-state index in [1.54, 1.807) is 12.1 Å². The molecule has 0 bridgehead atoms. The fraction of sp³-hybridized carbons (Fsp3) is 0.391. The molecule has 0 spiro atoms. The van der Waals surface area contributed by atoms with Crippen molar-refractivity contribution < 1.29 is 4.92 Å². The standard InChI is InChI=1S/C23H24N4O2/c28-27(29)16-7-5-6-15(14-16)23-25-12-4-3-10-20(25)22-21-18(11-13-26(22)23)17-8-1-2-9-19(17)24-21/h1-2,5-9,14,20,22-24H,3-4,10-13H2/t20?,22-,23?/m1/s1. The highest BCUT2D eigenvalue weighted by atomic mass is 16.6. The van der Waals surface area contributed by atoms with Crippen molar-refractivity contribution in [3.8, 4) is 0 Å². The molecule has 0 amide bonds. The number of nitrogens with zero attached hydrogens (tertiary/aromatic N) is 3. The van der Waals surface area contributed by atoms with Crippen LogP contribution in [0.1, 0.15) is 48.3 Å². The minimum Gasteiger partial charge on any atom is -0.357 e. The molecular formula is C23H24N4O2. The van der Waals surface area contributed by atoms with E-state index in [4.69, 9.17) is 0 Å². The maximum Gasteiger partial charge on any atom is 0.269 e. The van der Waals surface area contributed by atoms with E-state index in [0.717, 1.165) is 25.1 Å². The van der Waals surface area contributed by atoms with E-state index < -0.39 is 0 Å². The molecule has 3 aliphatic rings. The molecule has 29 heavy (non-hydrogen) atoms. The van der Waals surface area contributed by atoms with Crippen LogP contribution in [0.25, 0.3) is 10.9 Å². The van der Waals surface area contributed by atoms with E-state index in [2.05, 4.69) is 45.1 Å². The molecule has 148 valence electrons. The van der Waals surface area contributed by atoms with Gasteiger partial charge in [0.1, 0.15) is 0 Å². The van der Waals surface area contributed by atoms with Gasteiger partial charge >= 0.3 is 0 Å². The minimum absolute atomic E-state index is 0.116. The van der Waals surface area contributed by atoms with Crippen LogP contribution in [-0.4, -0.2) is 38.8 Å². The molecular weight excluding hydrogens is 364 g/mol. The summed E-state index contributed by atoms with van der Waals surface area (Å²) in [6.45, 7) is 2.04. The van der Waals surface area contributed by atoms with E-state index in [9.17, 15) is 10.1 Å². The van der Waals surface area contributed by atoms with E-state index in [0.29, 0.717) is 12.1 Å². The van der Waals surface area contributed by atoms with E-state index in [1.165, 1.54) is 41.4 Å². The lowest BCUT2D eigenvalue weighted by Gasteiger charge is -2.35. The lowest BCUT2D eigenvalue weighted by atomic mass is 9.90. The highest BCUT2D eigenvalue weighted by molar-refractivity contribution is 5.85. The van der Waals surface area contributed by atoms with Crippen LogP contribution in [0.15, 0.2) is 48.5 Å². The number of aromatic nitrogens is 1. The smallest absolute Gasteiger partial charge is 0.269 e. The number of nitro benzene ring substituents is 1. The summed E-state index contributed by atoms with van der Waals surface area (Å²) in [6, 6.07) is 16.7. The molecule has 1 N–H and O–H groups in total. The molecule has 2 aromatic carbocycles. The Hall–Kier alpha value is -2.70. The van der Waals surface area contributed by atoms with E-state index in [1.807, 2.05) is 6.07 Å². The third-order valence-electron chi connectivity index (χ3n) is 7.08. The van der Waals surface area contributed by atoms with Gasteiger partial charge in [0.05, 0.1) is 17.1 Å². The van der Waals surface area contributed by atoms with Crippen LogP contribution < -0.4 is 0 Å². The molecule has 1 aromatic heterocycles. The summed E-state index contributed by atoms with van der Waals surface area (Å²) in [6.07, 6.45) is 4.76. The molecule has 3 atom stereocenters. The van der Waals surface area contributed by atoms with Gasteiger partial charge < -0.3 is 4.98 Å². The van der Waals surface area contributed by atoms with Crippen molar-refractivity contribution in [1.82, 2.24) is 14.8 Å². The fourth-order valence-electron chi connectivity index (χ4n) is 5.97. The average Bonchev–Trinajstić information content (AvgIpc) is 3.29. The van der Waals surface area contributed by atoms with E-state index in [-0.39, 0.29) is 16.8 Å². The molecule has 0 aliphatic carbocycles. The highest BCUT2D eigenvalue weighted by Crippen LogP contribution is 2.51. The number of H-pyrrole nitrogens is 1. The number of piperidine rings is 1. The van der Waals surface area contributed by atoms with Crippen molar-refractivity contribution in [1.29, 1.82) is 0 Å². The third-order valence-corrected chi connectivity index (χ3v) is 7.08. The van der Waals surface area contributed by atoms with Gasteiger partial charge in [-0.1, -0.05) is 36.8 Å². The normalized spacial score (nSPS) is 26.8. The van der Waals surface area contributed by atoms with Gasteiger partial charge in [0, 0.05) is 47.9 Å². The second kappa shape index (κ2) is 6.40. The summed E-state index contributed by atoms with van der Waals surface area (Å²) in [5, 5.41) is 12.7. The monoisotopic (exact) mass is 388 g/mol. The maximum absolute atomic E-state index is 11.4. The van der Waals surface area contributed by atoms with Crippen molar-refractivity contribution >= 4 is 16.6 Å². The molecule has 0 radical (unpaired) electrons. The van der Waals surface area contributed by atoms with Crippen LogP contribution >= 0.6 is 0 Å². The summed E-state index contributed by atoms with van der Waals surface area (Å²) >= 11 is 0. The van der Waals surface area contributed by atoms with Crippen LogP contribution in [0.4, 0.5) is 5.69 Å². The lowest BCUT2D eigenvalue weighted by Crippen LogP contribution is -2.38. The Labute approximate surface area is 169 Å². The molecule has 2 saturated heterocycles. The van der Waals surface area contributed by atoms with Crippen LogP contribution in [0.3, 0.4) is 0 Å². The van der Waals surface area contributed by atoms with Crippen molar-refractivity contribution in [3.63, 3.8) is 0 Å². The quantitative estimate of drug-likeness (QED) is 0.517. The Bertz CT molecular complexity index is 1110. The van der Waals surface area contributed by atoms with Crippen LogP contribution in [0.5, 0.6) is 0 Å². The molecule has 6 nitrogen and oxygen atoms in total. The van der Waals surface area contributed by atoms with Crippen LogP contribution in [-0.2, 0) is 6.42 Å². The van der Waals surface area contributed by atoms with Gasteiger partial charge in [-0.3, -0.25) is 19.9 Å². The molecule has 3 aliphatic heterocycles. The van der Waals surface area contributed by atoms with Gasteiger partial charge in [-0.15, -0.1) is 0 Å². The number of hydrogen-bond acceptors (Lipinski definition) is 4. The number of aromatic amines is 1. The second-order valence-corrected chi connectivity index (χ2v) is 8.52. The first-order valence-electron chi connectivity index (χ1n) is 10.6. The summed E-state index contributed by atoms with van der Waals surface area (Å²) in [5.74, 6) is 0. The first-order valence-corrected chi connectivity index (χ1v) is 10.6. The first kappa shape index (κ1) is 17.2. The van der Waals surface area contributed by atoms with E-state index >= 15 is 0 Å². The number of nitro groups is 1. The van der Waals surface area contributed by atoms with Crippen molar-refractivity contribution in [2.75, 3.05) is 13.1 Å². The van der Waals surface area contributed by atoms with Gasteiger partial charge in [0.15, 0.2) is 0 Å². The minimum atomic E-state index is -0.282. The Morgan fingerprint density at radius 1 is 1.03 bits per heavy atom. The number of benzene rings is 2. The van der Waals surface area contributed by atoms with Gasteiger partial charge in [-0.05, 0) is 36.5 Å². The summed E-state index contributed by atoms with van der Waals surface area (Å²) in [4.78, 5) is 20.0. The number of rotatable bonds is 2. The van der Waals surface area contributed by atoms with Crippen LogP contribution in [0.2, 0.25) is 0 Å². The Kier molecular flexibility index (Phi) is 3.79. The first-order chi connectivity index (χ1) is 14.2. The van der Waals surface area contributed by atoms with Gasteiger partial charge in [0.2, 0.25) is 0 Å². The fourth-order valence-corrected chi connectivity index (χ4v) is 5.97. The Morgan fingerprint density at radius 2 is 1.93 bits per heavy atom. The predicted molar refractivity (Wildman–Crippen MR) is 112 cm³/mol. The molecule has 6 rings (SSSR count). The molecule has 3 aromatic rings.